The Labute approximate surface area is 245 Å². The molecule has 0 unspecified atom stereocenters. The summed E-state index contributed by atoms with van der Waals surface area (Å²) < 4.78 is 6.58. The third-order valence-corrected chi connectivity index (χ3v) is 8.25. The van der Waals surface area contributed by atoms with Crippen molar-refractivity contribution in [2.75, 3.05) is 7.05 Å². The van der Waals surface area contributed by atoms with Crippen LogP contribution < -0.4 is 11.3 Å². The first kappa shape index (κ1) is 28.7. The second kappa shape index (κ2) is 12.3. The number of unbranched alkanes of at least 4 members (excludes halogenated alkanes) is 1. The Hall–Kier alpha value is -3.85. The fraction of sp³-hybridized carbons (Fsp3) is 0.406. The lowest BCUT2D eigenvalue weighted by Gasteiger charge is -2.25. The van der Waals surface area contributed by atoms with Crippen molar-refractivity contribution >= 4 is 17.2 Å². The number of hydrogen-bond acceptors (Lipinski definition) is 6. The molecule has 0 radical (unpaired) electrons. The largest absolute Gasteiger partial charge is 0.439 e. The molecule has 4 aromatic rings. The van der Waals surface area contributed by atoms with E-state index >= 15 is 0 Å². The number of hydrogen-bond donors (Lipinski definition) is 1. The van der Waals surface area contributed by atoms with E-state index in [0.717, 1.165) is 76.4 Å². The van der Waals surface area contributed by atoms with Crippen LogP contribution in [0.15, 0.2) is 62.6 Å². The van der Waals surface area contributed by atoms with Gasteiger partial charge in [-0.1, -0.05) is 79.3 Å². The number of aromatic nitrogens is 4. The number of benzene rings is 2. The van der Waals surface area contributed by atoms with Gasteiger partial charge in [0.05, 0.1) is 17.2 Å². The molecule has 5 rings (SSSR count). The zero-order valence-corrected chi connectivity index (χ0v) is 25.0. The Morgan fingerprint density at radius 2 is 1.83 bits per heavy atom. The first-order chi connectivity index (χ1) is 19.8. The van der Waals surface area contributed by atoms with Crippen molar-refractivity contribution in [2.45, 2.75) is 77.8 Å². The Bertz CT molecular complexity index is 1650. The van der Waals surface area contributed by atoms with Crippen LogP contribution in [-0.4, -0.2) is 42.7 Å². The lowest BCUT2D eigenvalue weighted by Crippen LogP contribution is -2.37. The Balaban J connectivity index is 1.49. The van der Waals surface area contributed by atoms with Gasteiger partial charge in [-0.2, -0.15) is 0 Å². The summed E-state index contributed by atoms with van der Waals surface area (Å²) in [5, 5.41) is 3.86. The maximum absolute atomic E-state index is 14.1. The molecule has 41 heavy (non-hydrogen) atoms. The molecular formula is C32H37N5O3S. The number of thiocarbonyl (C=S) groups is 1. The van der Waals surface area contributed by atoms with E-state index in [1.54, 1.807) is 0 Å². The SMILES string of the molecule is CCCCc1nc(C2CC2)c(CC(=S)N(C)C(C)C)c(=O)n1Cc1ccc(-c2ccccc2-c2noc(=O)[nH]2)cc1. The van der Waals surface area contributed by atoms with Gasteiger partial charge in [0, 0.05) is 43.0 Å². The van der Waals surface area contributed by atoms with Crippen molar-refractivity contribution in [3.63, 3.8) is 0 Å². The summed E-state index contributed by atoms with van der Waals surface area (Å²) in [7, 11) is 1.99. The Kier molecular flexibility index (Phi) is 8.63. The quantitative estimate of drug-likeness (QED) is 0.230. The van der Waals surface area contributed by atoms with Gasteiger partial charge < -0.3 is 4.90 Å². The lowest BCUT2D eigenvalue weighted by atomic mass is 9.98. The zero-order valence-electron chi connectivity index (χ0n) is 24.1. The summed E-state index contributed by atoms with van der Waals surface area (Å²) in [6, 6.07) is 16.1. The molecular weight excluding hydrogens is 534 g/mol. The fourth-order valence-electron chi connectivity index (χ4n) is 5.03. The van der Waals surface area contributed by atoms with E-state index in [0.29, 0.717) is 24.7 Å². The molecule has 1 fully saturated rings. The molecule has 0 bridgehead atoms. The molecule has 0 atom stereocenters. The van der Waals surface area contributed by atoms with E-state index in [1.807, 2.05) is 60.1 Å². The molecule has 2 aromatic carbocycles. The molecule has 1 aliphatic rings. The first-order valence-electron chi connectivity index (χ1n) is 14.4. The van der Waals surface area contributed by atoms with E-state index in [2.05, 4.69) is 35.8 Å². The number of aryl methyl sites for hydroxylation is 1. The molecule has 8 nitrogen and oxygen atoms in total. The van der Waals surface area contributed by atoms with E-state index in [1.165, 1.54) is 0 Å². The predicted molar refractivity (Wildman–Crippen MR) is 165 cm³/mol. The topological polar surface area (TPSA) is 97.0 Å². The minimum Gasteiger partial charge on any atom is -0.367 e. The van der Waals surface area contributed by atoms with Crippen molar-refractivity contribution in [1.29, 1.82) is 0 Å². The number of rotatable bonds is 11. The van der Waals surface area contributed by atoms with Crippen molar-refractivity contribution in [2.24, 2.45) is 0 Å². The van der Waals surface area contributed by atoms with Gasteiger partial charge in [-0.05, 0) is 49.8 Å². The minimum absolute atomic E-state index is 0.0249. The van der Waals surface area contributed by atoms with Gasteiger partial charge in [-0.15, -0.1) is 0 Å². The molecule has 9 heteroatoms. The van der Waals surface area contributed by atoms with Gasteiger partial charge in [-0.3, -0.25) is 18.9 Å². The molecule has 0 spiro atoms. The van der Waals surface area contributed by atoms with Crippen LogP contribution in [-0.2, 0) is 19.4 Å². The molecule has 1 N–H and O–H groups in total. The predicted octanol–water partition coefficient (Wildman–Crippen LogP) is 5.73. The van der Waals surface area contributed by atoms with Crippen molar-refractivity contribution < 1.29 is 4.52 Å². The normalized spacial score (nSPS) is 13.1. The maximum Gasteiger partial charge on any atom is 0.439 e. The van der Waals surface area contributed by atoms with Crippen LogP contribution >= 0.6 is 12.2 Å². The van der Waals surface area contributed by atoms with Crippen LogP contribution in [0.5, 0.6) is 0 Å². The molecule has 0 saturated heterocycles. The first-order valence-corrected chi connectivity index (χ1v) is 14.8. The van der Waals surface area contributed by atoms with Crippen LogP contribution in [0.2, 0.25) is 0 Å². The third kappa shape index (κ3) is 6.40. The van der Waals surface area contributed by atoms with Crippen LogP contribution in [0.4, 0.5) is 0 Å². The average Bonchev–Trinajstić information content (AvgIpc) is 3.73. The molecule has 2 aromatic heterocycles. The van der Waals surface area contributed by atoms with Crippen LogP contribution in [0.25, 0.3) is 22.5 Å². The van der Waals surface area contributed by atoms with Crippen LogP contribution in [0, 0.1) is 0 Å². The van der Waals surface area contributed by atoms with E-state index in [-0.39, 0.29) is 11.6 Å². The monoisotopic (exact) mass is 571 g/mol. The van der Waals surface area contributed by atoms with Crippen LogP contribution in [0.1, 0.15) is 75.0 Å². The molecule has 214 valence electrons. The van der Waals surface area contributed by atoms with Gasteiger partial charge >= 0.3 is 5.76 Å². The number of likely N-dealkylation sites (N-methyl/N-ethyl adjacent to an activating group) is 1. The number of nitrogens with zero attached hydrogens (tertiary/aromatic N) is 4. The highest BCUT2D eigenvalue weighted by Crippen LogP contribution is 2.40. The lowest BCUT2D eigenvalue weighted by molar-refractivity contribution is 0.388. The van der Waals surface area contributed by atoms with E-state index in [9.17, 15) is 9.59 Å². The van der Waals surface area contributed by atoms with Crippen molar-refractivity contribution in [3.8, 4) is 22.5 Å². The van der Waals surface area contributed by atoms with Gasteiger partial charge in [0.2, 0.25) is 0 Å². The number of nitrogens with one attached hydrogen (secondary N) is 1. The van der Waals surface area contributed by atoms with E-state index < -0.39 is 5.76 Å². The summed E-state index contributed by atoms with van der Waals surface area (Å²) in [5.74, 6) is 1.01. The Morgan fingerprint density at radius 1 is 1.12 bits per heavy atom. The summed E-state index contributed by atoms with van der Waals surface area (Å²) >= 11 is 5.77. The number of H-pyrrole nitrogens is 1. The van der Waals surface area contributed by atoms with Gasteiger partial charge in [0.1, 0.15) is 5.82 Å². The highest BCUT2D eigenvalue weighted by molar-refractivity contribution is 7.80. The summed E-state index contributed by atoms with van der Waals surface area (Å²) in [5.41, 5.74) is 5.40. The van der Waals surface area contributed by atoms with Crippen LogP contribution in [0.3, 0.4) is 0 Å². The molecule has 0 aliphatic heterocycles. The minimum atomic E-state index is -0.591. The summed E-state index contributed by atoms with van der Waals surface area (Å²) in [6.45, 7) is 6.80. The van der Waals surface area contributed by atoms with Crippen molar-refractivity contribution in [1.82, 2.24) is 24.6 Å². The highest BCUT2D eigenvalue weighted by atomic mass is 32.1. The summed E-state index contributed by atoms with van der Waals surface area (Å²) in [6.07, 6.45) is 5.37. The highest BCUT2D eigenvalue weighted by Gasteiger charge is 2.31. The average molecular weight is 572 g/mol. The second-order valence-corrected chi connectivity index (χ2v) is 11.6. The standard InChI is InChI=1S/C32H37N5O3S/c1-5-6-11-27-33-29(23-16-17-23)26(18-28(41)36(4)20(2)3)31(38)37(27)19-21-12-14-22(15-13-21)24-9-7-8-10-25(24)30-34-32(39)40-35-30/h7-10,12-15,20,23H,5-6,11,16-19H2,1-4H3,(H,34,35,39). The third-order valence-electron chi connectivity index (χ3n) is 7.82. The molecule has 1 saturated carbocycles. The molecule has 0 amide bonds. The van der Waals surface area contributed by atoms with Gasteiger partial charge in [-0.25, -0.2) is 9.78 Å². The molecule has 2 heterocycles. The van der Waals surface area contributed by atoms with E-state index in [4.69, 9.17) is 21.7 Å². The zero-order chi connectivity index (χ0) is 29.1. The smallest absolute Gasteiger partial charge is 0.367 e. The van der Waals surface area contributed by atoms with Gasteiger partial charge in [0.25, 0.3) is 5.56 Å². The van der Waals surface area contributed by atoms with Crippen molar-refractivity contribution in [3.05, 3.63) is 92.1 Å². The fourth-order valence-corrected chi connectivity index (χ4v) is 5.38. The summed E-state index contributed by atoms with van der Waals surface area (Å²) in [4.78, 5) is 36.3. The molecule has 1 aliphatic carbocycles. The van der Waals surface area contributed by atoms with Gasteiger partial charge in [0.15, 0.2) is 5.82 Å². The Morgan fingerprint density at radius 3 is 2.44 bits per heavy atom. The number of aromatic amines is 1. The maximum atomic E-state index is 14.1. The second-order valence-electron chi connectivity index (χ2n) is 11.1.